The predicted octanol–water partition coefficient (Wildman–Crippen LogP) is 5.22. The van der Waals surface area contributed by atoms with Crippen LogP contribution in [0.5, 0.6) is 5.75 Å². The fourth-order valence-corrected chi connectivity index (χ4v) is 4.23. The van der Waals surface area contributed by atoms with E-state index in [2.05, 4.69) is 20.4 Å². The standard InChI is InChI=1S/C25H19N5O2S/c31-25(29-20-11-12-23(27-14-20)30-17-26-16-28-30)24-21(32-15-18-7-3-1-4-8-18)13-22(33-24)19-9-5-2-6-10-19/h1-14,16-17H,15H2,(H,29,31). The van der Waals surface area contributed by atoms with E-state index >= 15 is 0 Å². The SMILES string of the molecule is O=C(Nc1ccc(-n2cncn2)nc1)c1sc(-c2ccccc2)cc1OCc1ccccc1. The summed E-state index contributed by atoms with van der Waals surface area (Å²) in [7, 11) is 0. The van der Waals surface area contributed by atoms with Crippen molar-refractivity contribution in [2.75, 3.05) is 5.32 Å². The normalized spacial score (nSPS) is 10.7. The van der Waals surface area contributed by atoms with E-state index in [0.717, 1.165) is 16.0 Å². The molecule has 0 fully saturated rings. The number of aromatic nitrogens is 4. The third-order valence-corrected chi connectivity index (χ3v) is 6.02. The van der Waals surface area contributed by atoms with Crippen LogP contribution in [0.4, 0.5) is 5.69 Å². The van der Waals surface area contributed by atoms with Crippen molar-refractivity contribution in [1.82, 2.24) is 19.7 Å². The molecule has 0 spiro atoms. The van der Waals surface area contributed by atoms with Gasteiger partial charge in [-0.2, -0.15) is 5.10 Å². The Bertz CT molecular complexity index is 1340. The van der Waals surface area contributed by atoms with Crippen LogP contribution in [0, 0.1) is 0 Å². The lowest BCUT2D eigenvalue weighted by molar-refractivity contribution is 0.102. The van der Waals surface area contributed by atoms with Crippen molar-refractivity contribution in [3.63, 3.8) is 0 Å². The molecule has 8 heteroatoms. The van der Waals surface area contributed by atoms with Crippen LogP contribution in [0.3, 0.4) is 0 Å². The summed E-state index contributed by atoms with van der Waals surface area (Å²) in [6, 6.07) is 25.3. The largest absolute Gasteiger partial charge is 0.487 e. The van der Waals surface area contributed by atoms with E-state index in [1.807, 2.05) is 66.7 Å². The molecule has 2 aromatic carbocycles. The first-order chi connectivity index (χ1) is 16.3. The summed E-state index contributed by atoms with van der Waals surface area (Å²) < 4.78 is 7.62. The summed E-state index contributed by atoms with van der Waals surface area (Å²) in [6.45, 7) is 0.375. The fourth-order valence-electron chi connectivity index (χ4n) is 3.23. The summed E-state index contributed by atoms with van der Waals surface area (Å²) >= 11 is 1.40. The molecule has 0 radical (unpaired) electrons. The number of thiophene rings is 1. The van der Waals surface area contributed by atoms with Crippen LogP contribution in [0.2, 0.25) is 0 Å². The minimum absolute atomic E-state index is 0.249. The predicted molar refractivity (Wildman–Crippen MR) is 128 cm³/mol. The summed E-state index contributed by atoms with van der Waals surface area (Å²) in [4.78, 5) is 22.9. The molecule has 0 bridgehead atoms. The highest BCUT2D eigenvalue weighted by molar-refractivity contribution is 7.17. The minimum atomic E-state index is -0.249. The van der Waals surface area contributed by atoms with Gasteiger partial charge in [-0.3, -0.25) is 4.79 Å². The third kappa shape index (κ3) is 4.81. The van der Waals surface area contributed by atoms with E-state index in [0.29, 0.717) is 28.7 Å². The number of rotatable bonds is 7. The van der Waals surface area contributed by atoms with Crippen molar-refractivity contribution in [3.05, 3.63) is 108 Å². The highest BCUT2D eigenvalue weighted by Crippen LogP contribution is 2.37. The van der Waals surface area contributed by atoms with E-state index in [4.69, 9.17) is 4.74 Å². The second-order valence-electron chi connectivity index (χ2n) is 7.14. The van der Waals surface area contributed by atoms with Gasteiger partial charge in [0.2, 0.25) is 0 Å². The van der Waals surface area contributed by atoms with Gasteiger partial charge in [0.15, 0.2) is 5.82 Å². The molecule has 0 saturated carbocycles. The number of hydrogen-bond donors (Lipinski definition) is 1. The molecule has 5 aromatic rings. The molecule has 33 heavy (non-hydrogen) atoms. The summed E-state index contributed by atoms with van der Waals surface area (Å²) in [5.74, 6) is 0.910. The Morgan fingerprint density at radius 1 is 1.00 bits per heavy atom. The number of anilines is 1. The lowest BCUT2D eigenvalue weighted by Crippen LogP contribution is -2.12. The number of nitrogens with zero attached hydrogens (tertiary/aromatic N) is 4. The van der Waals surface area contributed by atoms with Gasteiger partial charge in [-0.25, -0.2) is 14.6 Å². The van der Waals surface area contributed by atoms with E-state index in [9.17, 15) is 4.79 Å². The Kier molecular flexibility index (Phi) is 5.90. The van der Waals surface area contributed by atoms with Gasteiger partial charge in [0.05, 0.1) is 11.9 Å². The third-order valence-electron chi connectivity index (χ3n) is 4.86. The van der Waals surface area contributed by atoms with Crippen LogP contribution in [0.25, 0.3) is 16.3 Å². The second-order valence-corrected chi connectivity index (χ2v) is 8.20. The summed E-state index contributed by atoms with van der Waals surface area (Å²) in [5.41, 5.74) is 2.64. The van der Waals surface area contributed by atoms with E-state index in [1.165, 1.54) is 17.7 Å². The van der Waals surface area contributed by atoms with Crippen molar-refractivity contribution < 1.29 is 9.53 Å². The first-order valence-corrected chi connectivity index (χ1v) is 11.1. The monoisotopic (exact) mass is 453 g/mol. The van der Waals surface area contributed by atoms with Gasteiger partial charge in [-0.15, -0.1) is 11.3 Å². The Morgan fingerprint density at radius 3 is 2.48 bits per heavy atom. The number of ether oxygens (including phenoxy) is 1. The van der Waals surface area contributed by atoms with Crippen molar-refractivity contribution in [3.8, 4) is 22.0 Å². The zero-order chi connectivity index (χ0) is 22.5. The van der Waals surface area contributed by atoms with E-state index in [1.54, 1.807) is 29.3 Å². The average molecular weight is 454 g/mol. The lowest BCUT2D eigenvalue weighted by atomic mass is 10.2. The topological polar surface area (TPSA) is 81.9 Å². The van der Waals surface area contributed by atoms with Crippen molar-refractivity contribution in [2.45, 2.75) is 6.61 Å². The molecule has 0 aliphatic heterocycles. The molecule has 0 unspecified atom stereocenters. The number of benzene rings is 2. The fraction of sp³-hybridized carbons (Fsp3) is 0.0400. The maximum Gasteiger partial charge on any atom is 0.269 e. The Labute approximate surface area is 194 Å². The van der Waals surface area contributed by atoms with Crippen LogP contribution < -0.4 is 10.1 Å². The molecule has 0 aliphatic carbocycles. The first kappa shape index (κ1) is 20.6. The summed E-state index contributed by atoms with van der Waals surface area (Å²) in [5, 5.41) is 6.97. The summed E-state index contributed by atoms with van der Waals surface area (Å²) in [6.07, 6.45) is 4.59. The van der Waals surface area contributed by atoms with Gasteiger partial charge in [0.1, 0.15) is 29.9 Å². The van der Waals surface area contributed by atoms with Crippen molar-refractivity contribution in [1.29, 1.82) is 0 Å². The van der Waals surface area contributed by atoms with Crippen LogP contribution in [-0.2, 0) is 6.61 Å². The molecule has 3 aromatic heterocycles. The van der Waals surface area contributed by atoms with Crippen molar-refractivity contribution >= 4 is 22.9 Å². The van der Waals surface area contributed by atoms with Gasteiger partial charge >= 0.3 is 0 Å². The second kappa shape index (κ2) is 9.46. The van der Waals surface area contributed by atoms with Crippen LogP contribution in [0.1, 0.15) is 15.2 Å². The zero-order valence-corrected chi connectivity index (χ0v) is 18.3. The highest BCUT2D eigenvalue weighted by Gasteiger charge is 2.19. The molecule has 7 nitrogen and oxygen atoms in total. The molecular weight excluding hydrogens is 434 g/mol. The Morgan fingerprint density at radius 2 is 1.79 bits per heavy atom. The number of amides is 1. The highest BCUT2D eigenvalue weighted by atomic mass is 32.1. The smallest absolute Gasteiger partial charge is 0.269 e. The van der Waals surface area contributed by atoms with Crippen molar-refractivity contribution in [2.24, 2.45) is 0 Å². The lowest BCUT2D eigenvalue weighted by Gasteiger charge is -2.08. The number of carbonyl (C=O) groups is 1. The number of nitrogens with one attached hydrogen (secondary N) is 1. The van der Waals surface area contributed by atoms with E-state index in [-0.39, 0.29) is 5.91 Å². The van der Waals surface area contributed by atoms with Crippen LogP contribution in [-0.4, -0.2) is 25.7 Å². The molecule has 1 amide bonds. The van der Waals surface area contributed by atoms with Gasteiger partial charge in [-0.05, 0) is 29.3 Å². The molecule has 5 rings (SSSR count). The Hall–Kier alpha value is -4.30. The number of pyridine rings is 1. The van der Waals surface area contributed by atoms with E-state index < -0.39 is 0 Å². The molecule has 162 valence electrons. The molecular formula is C25H19N5O2S. The van der Waals surface area contributed by atoms with Gasteiger partial charge in [0, 0.05) is 4.88 Å². The quantitative estimate of drug-likeness (QED) is 0.365. The number of carbonyl (C=O) groups excluding carboxylic acids is 1. The van der Waals surface area contributed by atoms with Gasteiger partial charge < -0.3 is 10.1 Å². The minimum Gasteiger partial charge on any atom is -0.487 e. The molecule has 0 saturated heterocycles. The van der Waals surface area contributed by atoms with Gasteiger partial charge in [-0.1, -0.05) is 60.7 Å². The number of hydrogen-bond acceptors (Lipinski definition) is 6. The molecule has 0 aliphatic rings. The molecule has 1 N–H and O–H groups in total. The van der Waals surface area contributed by atoms with Gasteiger partial charge in [0.25, 0.3) is 5.91 Å². The van der Waals surface area contributed by atoms with Crippen LogP contribution in [0.15, 0.2) is 97.7 Å². The molecule has 3 heterocycles. The Balaban J connectivity index is 1.39. The maximum absolute atomic E-state index is 13.2. The first-order valence-electron chi connectivity index (χ1n) is 10.2. The zero-order valence-electron chi connectivity index (χ0n) is 17.5. The average Bonchev–Trinajstić information content (AvgIpc) is 3.55. The maximum atomic E-state index is 13.2. The van der Waals surface area contributed by atoms with Crippen LogP contribution >= 0.6 is 11.3 Å². The molecule has 0 atom stereocenters.